The molecule has 0 atom stereocenters. The first-order valence-corrected chi connectivity index (χ1v) is 5.32. The van der Waals surface area contributed by atoms with E-state index in [4.69, 9.17) is 0 Å². The molecule has 0 spiro atoms. The van der Waals surface area contributed by atoms with E-state index < -0.39 is 0 Å². The number of hydrogen-bond acceptors (Lipinski definition) is 3. The Morgan fingerprint density at radius 2 is 2.40 bits per heavy atom. The van der Waals surface area contributed by atoms with E-state index in [0.717, 1.165) is 32.6 Å². The van der Waals surface area contributed by atoms with E-state index in [-0.39, 0.29) is 5.91 Å². The third-order valence-corrected chi connectivity index (χ3v) is 2.57. The van der Waals surface area contributed by atoms with Gasteiger partial charge in [-0.25, -0.2) is 0 Å². The molecule has 1 amide bonds. The SMILES string of the molecule is O=C1CNCCCN1CCn1cccn1. The van der Waals surface area contributed by atoms with E-state index in [1.165, 1.54) is 0 Å². The summed E-state index contributed by atoms with van der Waals surface area (Å²) in [6.07, 6.45) is 4.71. The van der Waals surface area contributed by atoms with Gasteiger partial charge < -0.3 is 10.2 Å². The van der Waals surface area contributed by atoms with Crippen molar-refractivity contribution in [3.63, 3.8) is 0 Å². The van der Waals surface area contributed by atoms with E-state index >= 15 is 0 Å². The summed E-state index contributed by atoms with van der Waals surface area (Å²) in [6.45, 7) is 3.79. The number of carbonyl (C=O) groups is 1. The number of carbonyl (C=O) groups excluding carboxylic acids is 1. The molecule has 2 heterocycles. The zero-order chi connectivity index (χ0) is 10.5. The van der Waals surface area contributed by atoms with Gasteiger partial charge in [-0.3, -0.25) is 9.48 Å². The van der Waals surface area contributed by atoms with Gasteiger partial charge in [0, 0.05) is 25.5 Å². The minimum absolute atomic E-state index is 0.194. The Kier molecular flexibility index (Phi) is 3.34. The maximum atomic E-state index is 11.6. The molecular weight excluding hydrogens is 192 g/mol. The summed E-state index contributed by atoms with van der Waals surface area (Å²) in [5, 5.41) is 7.22. The average molecular weight is 208 g/mol. The number of nitrogens with zero attached hydrogens (tertiary/aromatic N) is 3. The molecule has 0 radical (unpaired) electrons. The fraction of sp³-hybridized carbons (Fsp3) is 0.600. The lowest BCUT2D eigenvalue weighted by atomic mass is 10.4. The van der Waals surface area contributed by atoms with Crippen molar-refractivity contribution in [2.75, 3.05) is 26.2 Å². The molecule has 0 bridgehead atoms. The van der Waals surface area contributed by atoms with E-state index in [9.17, 15) is 4.79 Å². The second-order valence-electron chi connectivity index (χ2n) is 3.68. The molecule has 0 unspecified atom stereocenters. The summed E-state index contributed by atoms with van der Waals surface area (Å²) in [6, 6.07) is 1.89. The second-order valence-corrected chi connectivity index (χ2v) is 3.68. The van der Waals surface area contributed by atoms with Crippen molar-refractivity contribution in [1.29, 1.82) is 0 Å². The van der Waals surface area contributed by atoms with Gasteiger partial charge in [-0.05, 0) is 19.0 Å². The molecule has 1 N–H and O–H groups in total. The summed E-state index contributed by atoms with van der Waals surface area (Å²) in [4.78, 5) is 13.5. The molecule has 1 aliphatic heterocycles. The summed E-state index contributed by atoms with van der Waals surface area (Å²) in [7, 11) is 0. The van der Waals surface area contributed by atoms with Crippen LogP contribution in [-0.2, 0) is 11.3 Å². The van der Waals surface area contributed by atoms with Crippen LogP contribution in [0.2, 0.25) is 0 Å². The zero-order valence-electron chi connectivity index (χ0n) is 8.72. The summed E-state index contributed by atoms with van der Waals surface area (Å²) in [5.41, 5.74) is 0. The van der Waals surface area contributed by atoms with Crippen molar-refractivity contribution in [3.8, 4) is 0 Å². The van der Waals surface area contributed by atoms with Crippen molar-refractivity contribution in [3.05, 3.63) is 18.5 Å². The maximum absolute atomic E-state index is 11.6. The maximum Gasteiger partial charge on any atom is 0.236 e. The smallest absolute Gasteiger partial charge is 0.236 e. The molecule has 0 saturated carbocycles. The highest BCUT2D eigenvalue weighted by Crippen LogP contribution is 1.97. The molecule has 5 heteroatoms. The molecule has 1 saturated heterocycles. The Labute approximate surface area is 89.1 Å². The van der Waals surface area contributed by atoms with Crippen molar-refractivity contribution in [2.24, 2.45) is 0 Å². The van der Waals surface area contributed by atoms with Gasteiger partial charge in [-0.1, -0.05) is 0 Å². The Balaban J connectivity index is 1.84. The lowest BCUT2D eigenvalue weighted by Gasteiger charge is -2.19. The van der Waals surface area contributed by atoms with Gasteiger partial charge in [-0.2, -0.15) is 5.10 Å². The normalized spacial score (nSPS) is 17.9. The highest BCUT2D eigenvalue weighted by Gasteiger charge is 2.15. The predicted octanol–water partition coefficient (Wildman–Crippen LogP) is -0.295. The van der Waals surface area contributed by atoms with Gasteiger partial charge in [0.2, 0.25) is 5.91 Å². The van der Waals surface area contributed by atoms with E-state index in [0.29, 0.717) is 6.54 Å². The Bertz CT molecular complexity index is 309. The minimum Gasteiger partial charge on any atom is -0.340 e. The highest BCUT2D eigenvalue weighted by atomic mass is 16.2. The molecule has 1 aliphatic rings. The molecule has 15 heavy (non-hydrogen) atoms. The van der Waals surface area contributed by atoms with Crippen molar-refractivity contribution in [1.82, 2.24) is 20.0 Å². The van der Waals surface area contributed by atoms with Crippen LogP contribution >= 0.6 is 0 Å². The quantitative estimate of drug-likeness (QED) is 0.742. The van der Waals surface area contributed by atoms with Crippen LogP contribution in [0, 0.1) is 0 Å². The molecule has 82 valence electrons. The summed E-state index contributed by atoms with van der Waals surface area (Å²) >= 11 is 0. The highest BCUT2D eigenvalue weighted by molar-refractivity contribution is 5.78. The Hall–Kier alpha value is -1.36. The van der Waals surface area contributed by atoms with Crippen LogP contribution in [0.1, 0.15) is 6.42 Å². The third kappa shape index (κ3) is 2.79. The van der Waals surface area contributed by atoms with Crippen LogP contribution in [-0.4, -0.2) is 46.8 Å². The molecular formula is C10H16N4O. The van der Waals surface area contributed by atoms with E-state index in [2.05, 4.69) is 10.4 Å². The second kappa shape index (κ2) is 4.93. The van der Waals surface area contributed by atoms with Crippen LogP contribution in [0.5, 0.6) is 0 Å². The molecule has 1 aromatic rings. The summed E-state index contributed by atoms with van der Waals surface area (Å²) < 4.78 is 1.85. The van der Waals surface area contributed by atoms with Gasteiger partial charge in [0.05, 0.1) is 13.1 Å². The minimum atomic E-state index is 0.194. The topological polar surface area (TPSA) is 50.2 Å². The molecule has 5 nitrogen and oxygen atoms in total. The van der Waals surface area contributed by atoms with Gasteiger partial charge in [0.25, 0.3) is 0 Å². The fourth-order valence-electron chi connectivity index (χ4n) is 1.72. The molecule has 1 aromatic heterocycles. The molecule has 0 aliphatic carbocycles. The molecule has 1 fully saturated rings. The standard InChI is InChI=1S/C10H16N4O/c15-10-9-11-3-1-5-13(10)7-8-14-6-2-4-12-14/h2,4,6,11H,1,3,5,7-9H2. The van der Waals surface area contributed by atoms with Crippen molar-refractivity contribution in [2.45, 2.75) is 13.0 Å². The number of amides is 1. The zero-order valence-corrected chi connectivity index (χ0v) is 8.72. The van der Waals surface area contributed by atoms with E-state index in [1.54, 1.807) is 6.20 Å². The van der Waals surface area contributed by atoms with Crippen LogP contribution in [0.3, 0.4) is 0 Å². The van der Waals surface area contributed by atoms with Crippen molar-refractivity contribution < 1.29 is 4.79 Å². The third-order valence-electron chi connectivity index (χ3n) is 2.57. The van der Waals surface area contributed by atoms with Crippen LogP contribution in [0.15, 0.2) is 18.5 Å². The predicted molar refractivity (Wildman–Crippen MR) is 56.3 cm³/mol. The van der Waals surface area contributed by atoms with Crippen molar-refractivity contribution >= 4 is 5.91 Å². The average Bonchev–Trinajstić information content (AvgIpc) is 2.67. The van der Waals surface area contributed by atoms with Gasteiger partial charge in [0.15, 0.2) is 0 Å². The first-order chi connectivity index (χ1) is 7.36. The van der Waals surface area contributed by atoms with Crippen LogP contribution in [0.25, 0.3) is 0 Å². The Morgan fingerprint density at radius 3 is 3.20 bits per heavy atom. The monoisotopic (exact) mass is 208 g/mol. The fourth-order valence-corrected chi connectivity index (χ4v) is 1.72. The lowest BCUT2D eigenvalue weighted by molar-refractivity contribution is -0.129. The van der Waals surface area contributed by atoms with Gasteiger partial charge >= 0.3 is 0 Å². The van der Waals surface area contributed by atoms with Gasteiger partial charge in [0.1, 0.15) is 0 Å². The number of rotatable bonds is 3. The number of nitrogens with one attached hydrogen (secondary N) is 1. The Morgan fingerprint density at radius 1 is 1.47 bits per heavy atom. The molecule has 0 aromatic carbocycles. The van der Waals surface area contributed by atoms with Crippen LogP contribution in [0.4, 0.5) is 0 Å². The van der Waals surface area contributed by atoms with Crippen LogP contribution < -0.4 is 5.32 Å². The first kappa shape index (κ1) is 10.2. The molecule has 2 rings (SSSR count). The lowest BCUT2D eigenvalue weighted by Crippen LogP contribution is -2.37. The van der Waals surface area contributed by atoms with E-state index in [1.807, 2.05) is 21.8 Å². The van der Waals surface area contributed by atoms with Gasteiger partial charge in [-0.15, -0.1) is 0 Å². The summed E-state index contributed by atoms with van der Waals surface area (Å²) in [5.74, 6) is 0.194. The first-order valence-electron chi connectivity index (χ1n) is 5.32. The largest absolute Gasteiger partial charge is 0.340 e. The number of hydrogen-bond donors (Lipinski definition) is 1. The number of aromatic nitrogens is 2.